The third-order valence-corrected chi connectivity index (χ3v) is 3.99. The number of cyclic esters (lactones) is 1. The van der Waals surface area contributed by atoms with Crippen molar-refractivity contribution in [2.75, 3.05) is 12.4 Å². The van der Waals surface area contributed by atoms with Crippen LogP contribution in [-0.4, -0.2) is 29.2 Å². The first-order chi connectivity index (χ1) is 10.7. The molecule has 0 aliphatic carbocycles. The highest BCUT2D eigenvalue weighted by Gasteiger charge is 2.42. The predicted octanol–water partition coefficient (Wildman–Crippen LogP) is 1.79. The number of anilines is 1. The Morgan fingerprint density at radius 1 is 1.45 bits per heavy atom. The minimum Gasteiger partial charge on any atom is -0.496 e. The predicted molar refractivity (Wildman–Crippen MR) is 78.5 cm³/mol. The molecule has 2 heterocycles. The molecular weight excluding hydrogens is 306 g/mol. The molecule has 1 amide bonds. The fourth-order valence-electron chi connectivity index (χ4n) is 2.40. The van der Waals surface area contributed by atoms with Gasteiger partial charge in [-0.15, -0.1) is 10.2 Å². The summed E-state index contributed by atoms with van der Waals surface area (Å²) >= 11 is 1.21. The lowest BCUT2D eigenvalue weighted by atomic mass is 9.94. The number of esters is 1. The summed E-state index contributed by atoms with van der Waals surface area (Å²) in [5, 5.41) is 10.5. The van der Waals surface area contributed by atoms with E-state index in [1.54, 1.807) is 12.1 Å². The summed E-state index contributed by atoms with van der Waals surface area (Å²) in [7, 11) is 1.53. The zero-order valence-corrected chi connectivity index (χ0v) is 12.5. The third-order valence-electron chi connectivity index (χ3n) is 3.38. The van der Waals surface area contributed by atoms with Crippen LogP contribution >= 0.6 is 11.3 Å². The molecule has 22 heavy (non-hydrogen) atoms. The Labute approximate surface area is 130 Å². The summed E-state index contributed by atoms with van der Waals surface area (Å²) in [5.74, 6) is -0.782. The number of para-hydroxylation sites is 1. The highest BCUT2D eigenvalue weighted by Crippen LogP contribution is 2.40. The largest absolute Gasteiger partial charge is 0.496 e. The molecule has 7 nitrogen and oxygen atoms in total. The van der Waals surface area contributed by atoms with E-state index in [0.29, 0.717) is 16.4 Å². The first kappa shape index (κ1) is 14.5. The van der Waals surface area contributed by atoms with Crippen molar-refractivity contribution in [3.05, 3.63) is 35.3 Å². The Hall–Kier alpha value is -2.48. The number of ether oxygens (including phenoxy) is 2. The van der Waals surface area contributed by atoms with Crippen molar-refractivity contribution in [3.8, 4) is 5.75 Å². The number of aromatic nitrogens is 2. The summed E-state index contributed by atoms with van der Waals surface area (Å²) in [4.78, 5) is 24.1. The van der Waals surface area contributed by atoms with Gasteiger partial charge in [0.15, 0.2) is 0 Å². The minimum atomic E-state index is -0.670. The van der Waals surface area contributed by atoms with Crippen LogP contribution < -0.4 is 10.1 Å². The van der Waals surface area contributed by atoms with Crippen molar-refractivity contribution in [2.24, 2.45) is 5.92 Å². The summed E-state index contributed by atoms with van der Waals surface area (Å²) in [5.41, 5.74) is 2.19. The van der Waals surface area contributed by atoms with E-state index >= 15 is 0 Å². The van der Waals surface area contributed by atoms with E-state index in [1.807, 2.05) is 12.1 Å². The highest BCUT2D eigenvalue weighted by atomic mass is 32.1. The van der Waals surface area contributed by atoms with Gasteiger partial charge in [-0.05, 0) is 6.07 Å². The van der Waals surface area contributed by atoms with Crippen LogP contribution in [0.2, 0.25) is 0 Å². The van der Waals surface area contributed by atoms with Crippen molar-refractivity contribution in [1.82, 2.24) is 10.2 Å². The summed E-state index contributed by atoms with van der Waals surface area (Å²) in [6.07, 6.45) is -0.649. The second-order valence-corrected chi connectivity index (χ2v) is 5.53. The number of benzene rings is 1. The number of hydrogen-bond acceptors (Lipinski definition) is 7. The molecule has 2 aromatic rings. The Morgan fingerprint density at radius 3 is 3.00 bits per heavy atom. The molecule has 1 saturated heterocycles. The molecule has 2 atom stereocenters. The van der Waals surface area contributed by atoms with E-state index in [9.17, 15) is 9.59 Å². The maximum Gasteiger partial charge on any atom is 0.307 e. The molecule has 8 heteroatoms. The highest BCUT2D eigenvalue weighted by molar-refractivity contribution is 7.13. The van der Waals surface area contributed by atoms with Crippen LogP contribution in [0.25, 0.3) is 0 Å². The molecule has 3 rings (SSSR count). The molecule has 1 aliphatic heterocycles. The van der Waals surface area contributed by atoms with Gasteiger partial charge in [-0.1, -0.05) is 29.5 Å². The maximum absolute atomic E-state index is 12.4. The van der Waals surface area contributed by atoms with Gasteiger partial charge in [-0.2, -0.15) is 0 Å². The fraction of sp³-hybridized carbons (Fsp3) is 0.286. The van der Waals surface area contributed by atoms with E-state index in [0.717, 1.165) is 0 Å². The number of amides is 1. The molecule has 1 fully saturated rings. The smallest absolute Gasteiger partial charge is 0.307 e. The van der Waals surface area contributed by atoms with Crippen LogP contribution in [-0.2, 0) is 14.3 Å². The van der Waals surface area contributed by atoms with E-state index in [-0.39, 0.29) is 12.3 Å². The second-order valence-electron chi connectivity index (χ2n) is 4.70. The molecule has 0 bridgehead atoms. The number of nitrogens with zero attached hydrogens (tertiary/aromatic N) is 2. The number of methoxy groups -OCH3 is 1. The summed E-state index contributed by atoms with van der Waals surface area (Å²) in [6.45, 7) is 0. The molecule has 1 aromatic carbocycles. The zero-order chi connectivity index (χ0) is 15.5. The van der Waals surface area contributed by atoms with Crippen molar-refractivity contribution < 1.29 is 19.1 Å². The maximum atomic E-state index is 12.4. The molecule has 0 radical (unpaired) electrons. The molecular formula is C14H13N3O4S. The molecule has 1 aliphatic rings. The standard InChI is InChI=1S/C14H13N3O4S/c1-20-10-5-3-2-4-8(10)12-9(6-11(18)21-12)13(19)16-14-17-15-7-22-14/h2-5,7,9,12H,6H2,1H3,(H,16,17,19)/t9-,12+/m1/s1. The molecule has 1 N–H and O–H groups in total. The number of carbonyl (C=O) groups excluding carboxylic acids is 2. The summed E-state index contributed by atoms with van der Waals surface area (Å²) < 4.78 is 10.6. The van der Waals surface area contributed by atoms with Gasteiger partial charge in [0.1, 0.15) is 17.4 Å². The Kier molecular flexibility index (Phi) is 4.01. The molecule has 114 valence electrons. The zero-order valence-electron chi connectivity index (χ0n) is 11.7. The van der Waals surface area contributed by atoms with Gasteiger partial charge in [0, 0.05) is 5.56 Å². The average Bonchev–Trinajstić information content (AvgIpc) is 3.16. The average molecular weight is 319 g/mol. The molecule has 0 spiro atoms. The van der Waals surface area contributed by atoms with E-state index in [4.69, 9.17) is 9.47 Å². The van der Waals surface area contributed by atoms with Gasteiger partial charge in [0.2, 0.25) is 11.0 Å². The van der Waals surface area contributed by atoms with Gasteiger partial charge >= 0.3 is 5.97 Å². The first-order valence-corrected chi connectivity index (χ1v) is 7.46. The van der Waals surface area contributed by atoms with Crippen molar-refractivity contribution in [1.29, 1.82) is 0 Å². The van der Waals surface area contributed by atoms with Crippen LogP contribution in [0.3, 0.4) is 0 Å². The van der Waals surface area contributed by atoms with Crippen LogP contribution in [0.5, 0.6) is 5.75 Å². The van der Waals surface area contributed by atoms with Crippen molar-refractivity contribution in [3.63, 3.8) is 0 Å². The van der Waals surface area contributed by atoms with Gasteiger partial charge in [-0.25, -0.2) is 0 Å². The van der Waals surface area contributed by atoms with E-state index < -0.39 is 18.0 Å². The van der Waals surface area contributed by atoms with Crippen LogP contribution in [0, 0.1) is 5.92 Å². The van der Waals surface area contributed by atoms with Crippen molar-refractivity contribution >= 4 is 28.3 Å². The van der Waals surface area contributed by atoms with Crippen LogP contribution in [0.15, 0.2) is 29.8 Å². The topological polar surface area (TPSA) is 90.4 Å². The van der Waals surface area contributed by atoms with Gasteiger partial charge in [-0.3, -0.25) is 9.59 Å². The molecule has 1 aromatic heterocycles. The number of carbonyl (C=O) groups is 2. The third kappa shape index (κ3) is 2.77. The Morgan fingerprint density at radius 2 is 2.27 bits per heavy atom. The van der Waals surface area contributed by atoms with Gasteiger partial charge in [0.05, 0.1) is 19.4 Å². The normalized spacial score (nSPS) is 20.5. The lowest BCUT2D eigenvalue weighted by Crippen LogP contribution is -2.25. The number of rotatable bonds is 4. The lowest BCUT2D eigenvalue weighted by molar-refractivity contribution is -0.141. The Bertz CT molecular complexity index is 689. The van der Waals surface area contributed by atoms with Gasteiger partial charge in [0.25, 0.3) is 0 Å². The van der Waals surface area contributed by atoms with Gasteiger partial charge < -0.3 is 14.8 Å². The van der Waals surface area contributed by atoms with Crippen LogP contribution in [0.4, 0.5) is 5.13 Å². The monoisotopic (exact) mass is 319 g/mol. The Balaban J connectivity index is 1.86. The number of hydrogen-bond donors (Lipinski definition) is 1. The fourth-order valence-corrected chi connectivity index (χ4v) is 2.84. The minimum absolute atomic E-state index is 0.0212. The quantitative estimate of drug-likeness (QED) is 0.864. The lowest BCUT2D eigenvalue weighted by Gasteiger charge is -2.19. The molecule has 0 unspecified atom stereocenters. The van der Waals surface area contributed by atoms with E-state index in [2.05, 4.69) is 15.5 Å². The first-order valence-electron chi connectivity index (χ1n) is 6.58. The van der Waals surface area contributed by atoms with Crippen molar-refractivity contribution in [2.45, 2.75) is 12.5 Å². The second kappa shape index (κ2) is 6.10. The number of nitrogens with one attached hydrogen (secondary N) is 1. The molecule has 0 saturated carbocycles. The SMILES string of the molecule is COc1ccccc1[C@@H]1OC(=O)C[C@H]1C(=O)Nc1nncs1. The van der Waals surface area contributed by atoms with E-state index in [1.165, 1.54) is 24.0 Å². The summed E-state index contributed by atoms with van der Waals surface area (Å²) in [6, 6.07) is 7.17. The van der Waals surface area contributed by atoms with Crippen LogP contribution in [0.1, 0.15) is 18.1 Å².